The first-order valence-electron chi connectivity index (χ1n) is 4.37. The van der Waals surface area contributed by atoms with Crippen LogP contribution in [0, 0.1) is 0 Å². The molecule has 1 aromatic rings. The van der Waals surface area contributed by atoms with Crippen LogP contribution in [0.5, 0.6) is 5.75 Å². The molecule has 0 amide bonds. The van der Waals surface area contributed by atoms with Crippen molar-refractivity contribution in [2.24, 2.45) is 0 Å². The quantitative estimate of drug-likeness (QED) is 0.343. The number of halogens is 1. The van der Waals surface area contributed by atoms with E-state index < -0.39 is 0 Å². The van der Waals surface area contributed by atoms with Crippen LogP contribution < -0.4 is 14.3 Å². The number of hydrogen-bond acceptors (Lipinski definition) is 2. The zero-order valence-corrected chi connectivity index (χ0v) is 10.5. The summed E-state index contributed by atoms with van der Waals surface area (Å²) in [5.41, 5.74) is 0. The second-order valence-electron chi connectivity index (χ2n) is 3.91. The summed E-state index contributed by atoms with van der Waals surface area (Å²) in [7, 11) is 7.62. The summed E-state index contributed by atoms with van der Waals surface area (Å²) in [6.45, 7) is 0. The SMILES string of the molecule is BC(B)(B)Oc1ccc(Br)[n+](OC)c1. The lowest BCUT2D eigenvalue weighted by Crippen LogP contribution is -2.43. The van der Waals surface area contributed by atoms with Crippen LogP contribution in [0.2, 0.25) is 0 Å². The molecule has 0 aliphatic carbocycles. The van der Waals surface area contributed by atoms with Crippen molar-refractivity contribution in [1.82, 2.24) is 0 Å². The lowest BCUT2D eigenvalue weighted by atomic mass is 9.52. The molecule has 0 saturated heterocycles. The topological polar surface area (TPSA) is 22.3 Å². The van der Waals surface area contributed by atoms with E-state index in [1.54, 1.807) is 18.0 Å². The van der Waals surface area contributed by atoms with Gasteiger partial charge in [0.2, 0.25) is 0 Å². The van der Waals surface area contributed by atoms with Gasteiger partial charge in [-0.05, 0) is 6.07 Å². The van der Waals surface area contributed by atoms with Gasteiger partial charge < -0.3 is 4.74 Å². The van der Waals surface area contributed by atoms with Gasteiger partial charge in [-0.15, -0.1) is 0 Å². The predicted molar refractivity (Wildman–Crippen MR) is 65.8 cm³/mol. The Morgan fingerprint density at radius 3 is 2.50 bits per heavy atom. The second kappa shape index (κ2) is 4.30. The summed E-state index contributed by atoms with van der Waals surface area (Å²) in [6, 6.07) is 3.77. The lowest BCUT2D eigenvalue weighted by Gasteiger charge is -2.20. The molecule has 1 rings (SSSR count). The molecule has 0 atom stereocenters. The van der Waals surface area contributed by atoms with E-state index in [0.717, 1.165) is 10.4 Å². The summed E-state index contributed by atoms with van der Waals surface area (Å²) in [5.74, 6) is 0.780. The van der Waals surface area contributed by atoms with Crippen LogP contribution in [0.1, 0.15) is 0 Å². The molecule has 0 saturated carbocycles. The van der Waals surface area contributed by atoms with E-state index in [1.807, 2.05) is 35.7 Å². The molecular formula is C7H12B3BrNO2+. The van der Waals surface area contributed by atoms with Crippen molar-refractivity contribution < 1.29 is 14.3 Å². The fraction of sp³-hybridized carbons (Fsp3) is 0.286. The monoisotopic (exact) mass is 254 g/mol. The standard InChI is InChI=1S/C7H12B3BrNO2/c1-13-12-4-5(2-3-6(12)11)14-7(8,9)10/h2-4H,8-10H2,1H3/q+1. The summed E-state index contributed by atoms with van der Waals surface area (Å²) < 4.78 is 8.12. The maximum absolute atomic E-state index is 5.68. The third-order valence-corrected chi connectivity index (χ3v) is 2.07. The maximum Gasteiger partial charge on any atom is 0.299 e. The first kappa shape index (κ1) is 11.5. The van der Waals surface area contributed by atoms with Crippen molar-refractivity contribution in [3.63, 3.8) is 0 Å². The summed E-state index contributed by atoms with van der Waals surface area (Å²) in [4.78, 5) is 5.09. The van der Waals surface area contributed by atoms with Gasteiger partial charge in [0.15, 0.2) is 5.75 Å². The molecule has 1 heterocycles. The van der Waals surface area contributed by atoms with Gasteiger partial charge in [0, 0.05) is 32.0 Å². The highest BCUT2D eigenvalue weighted by Crippen LogP contribution is 2.13. The largest absolute Gasteiger partial charge is 0.508 e. The summed E-state index contributed by atoms with van der Waals surface area (Å²) in [5, 5.41) is -0.195. The molecule has 0 aliphatic heterocycles. The van der Waals surface area contributed by atoms with E-state index in [-0.39, 0.29) is 5.30 Å². The Kier molecular flexibility index (Phi) is 3.53. The van der Waals surface area contributed by atoms with Crippen LogP contribution in [0.15, 0.2) is 22.9 Å². The Hall–Kier alpha value is -0.575. The molecule has 0 aromatic carbocycles. The van der Waals surface area contributed by atoms with Crippen molar-refractivity contribution in [3.05, 3.63) is 22.9 Å². The zero-order valence-electron chi connectivity index (χ0n) is 8.87. The van der Waals surface area contributed by atoms with Crippen LogP contribution in [0.4, 0.5) is 0 Å². The van der Waals surface area contributed by atoms with Gasteiger partial charge in [-0.1, -0.05) is 0 Å². The van der Waals surface area contributed by atoms with Crippen LogP contribution in [-0.4, -0.2) is 35.9 Å². The van der Waals surface area contributed by atoms with Crippen molar-refractivity contribution in [1.29, 1.82) is 0 Å². The number of hydrogen-bond donors (Lipinski definition) is 0. The summed E-state index contributed by atoms with van der Waals surface area (Å²) in [6.07, 6.45) is 1.79. The second-order valence-corrected chi connectivity index (χ2v) is 4.72. The maximum atomic E-state index is 5.68. The smallest absolute Gasteiger partial charge is 0.299 e. The van der Waals surface area contributed by atoms with E-state index in [1.165, 1.54) is 0 Å². The fourth-order valence-electron chi connectivity index (χ4n) is 0.998. The van der Waals surface area contributed by atoms with E-state index in [2.05, 4.69) is 15.9 Å². The molecular weight excluding hydrogens is 242 g/mol. The van der Waals surface area contributed by atoms with Crippen LogP contribution in [-0.2, 0) is 0 Å². The van der Waals surface area contributed by atoms with Gasteiger partial charge in [0.1, 0.15) is 30.6 Å². The van der Waals surface area contributed by atoms with E-state index in [0.29, 0.717) is 0 Å². The molecule has 7 heteroatoms. The Labute approximate surface area is 95.1 Å². The van der Waals surface area contributed by atoms with Crippen molar-refractivity contribution in [3.8, 4) is 5.75 Å². The van der Waals surface area contributed by atoms with Gasteiger partial charge >= 0.3 is 0 Å². The molecule has 0 aliphatic rings. The average molecular weight is 255 g/mol. The molecule has 0 N–H and O–H groups in total. The number of pyridine rings is 1. The Bertz CT molecular complexity index is 329. The minimum Gasteiger partial charge on any atom is -0.508 e. The minimum atomic E-state index is -0.195. The molecule has 0 bridgehead atoms. The van der Waals surface area contributed by atoms with Gasteiger partial charge in [0.05, 0.1) is 0 Å². The molecule has 14 heavy (non-hydrogen) atoms. The third kappa shape index (κ3) is 3.29. The Morgan fingerprint density at radius 2 is 2.00 bits per heavy atom. The van der Waals surface area contributed by atoms with Crippen molar-refractivity contribution in [2.45, 2.75) is 5.30 Å². The van der Waals surface area contributed by atoms with Gasteiger partial charge in [-0.3, -0.25) is 4.84 Å². The van der Waals surface area contributed by atoms with Crippen LogP contribution in [0.3, 0.4) is 0 Å². The van der Waals surface area contributed by atoms with E-state index >= 15 is 0 Å². The first-order chi connectivity index (χ1) is 6.42. The molecule has 0 spiro atoms. The highest BCUT2D eigenvalue weighted by molar-refractivity contribution is 9.10. The average Bonchev–Trinajstić information content (AvgIpc) is 2.06. The molecule has 1 aromatic heterocycles. The van der Waals surface area contributed by atoms with E-state index in [9.17, 15) is 0 Å². The number of aromatic nitrogens is 1. The van der Waals surface area contributed by atoms with Crippen LogP contribution >= 0.6 is 15.9 Å². The Balaban J connectivity index is 2.90. The van der Waals surface area contributed by atoms with Crippen LogP contribution in [0.25, 0.3) is 0 Å². The van der Waals surface area contributed by atoms with Gasteiger partial charge in [0.25, 0.3) is 10.8 Å². The highest BCUT2D eigenvalue weighted by Gasteiger charge is 2.16. The van der Waals surface area contributed by atoms with E-state index in [4.69, 9.17) is 9.57 Å². The number of ether oxygens (including phenoxy) is 1. The zero-order chi connectivity index (χ0) is 10.8. The molecule has 3 nitrogen and oxygen atoms in total. The third-order valence-electron chi connectivity index (χ3n) is 1.46. The number of nitrogens with zero attached hydrogens (tertiary/aromatic N) is 1. The van der Waals surface area contributed by atoms with Gasteiger partial charge in [-0.2, -0.15) is 0 Å². The minimum absolute atomic E-state index is 0.195. The highest BCUT2D eigenvalue weighted by atomic mass is 79.9. The molecule has 0 radical (unpaired) electrons. The van der Waals surface area contributed by atoms with Crippen molar-refractivity contribution in [2.75, 3.05) is 7.11 Å². The fourth-order valence-corrected chi connectivity index (χ4v) is 1.38. The first-order valence-corrected chi connectivity index (χ1v) is 5.16. The molecule has 0 unspecified atom stereocenters. The predicted octanol–water partition coefficient (Wildman–Crippen LogP) is -2.32. The summed E-state index contributed by atoms with van der Waals surface area (Å²) >= 11 is 3.35. The molecule has 0 fully saturated rings. The van der Waals surface area contributed by atoms with Gasteiger partial charge in [-0.25, -0.2) is 0 Å². The normalized spacial score (nSPS) is 11.0. The Morgan fingerprint density at radius 1 is 1.36 bits per heavy atom. The van der Waals surface area contributed by atoms with Crippen molar-refractivity contribution >= 4 is 39.5 Å². The molecule has 72 valence electrons. The number of rotatable bonds is 3. The lowest BCUT2D eigenvalue weighted by molar-refractivity contribution is -0.893.